The van der Waals surface area contributed by atoms with Gasteiger partial charge in [0.25, 0.3) is 0 Å². The number of likely N-dealkylation sites (tertiary alicyclic amines) is 2. The molecule has 0 saturated carbocycles. The number of hydrogen-bond acceptors (Lipinski definition) is 3. The molecule has 2 aliphatic heterocycles. The second-order valence-electron chi connectivity index (χ2n) is 5.99. The van der Waals surface area contributed by atoms with Crippen LogP contribution in [0.3, 0.4) is 0 Å². The Morgan fingerprint density at radius 1 is 1.53 bits per heavy atom. The topological polar surface area (TPSA) is 23.6 Å². The lowest BCUT2D eigenvalue weighted by Gasteiger charge is -2.26. The molecule has 0 bridgehead atoms. The van der Waals surface area contributed by atoms with Crippen molar-refractivity contribution in [2.75, 3.05) is 26.2 Å². The van der Waals surface area contributed by atoms with Crippen molar-refractivity contribution < 1.29 is 4.79 Å². The smallest absolute Gasteiger partial charge is 0.230 e. The van der Waals surface area contributed by atoms with E-state index in [1.54, 1.807) is 11.3 Å². The molecule has 1 aromatic heterocycles. The van der Waals surface area contributed by atoms with Crippen LogP contribution >= 0.6 is 11.3 Å². The summed E-state index contributed by atoms with van der Waals surface area (Å²) in [6.07, 6.45) is 1.04. The molecule has 4 heteroatoms. The van der Waals surface area contributed by atoms with Crippen LogP contribution in [-0.4, -0.2) is 41.9 Å². The second-order valence-corrected chi connectivity index (χ2v) is 6.77. The van der Waals surface area contributed by atoms with Gasteiger partial charge < -0.3 is 4.90 Å². The Balaban J connectivity index is 1.73. The minimum atomic E-state index is -0.0912. The highest BCUT2D eigenvalue weighted by Gasteiger charge is 2.54. The van der Waals surface area contributed by atoms with Crippen LogP contribution in [-0.2, 0) is 11.3 Å². The monoisotopic (exact) mass is 278 g/mol. The molecule has 2 fully saturated rings. The van der Waals surface area contributed by atoms with Crippen molar-refractivity contribution in [1.82, 2.24) is 9.80 Å². The van der Waals surface area contributed by atoms with Gasteiger partial charge in [0.2, 0.25) is 5.91 Å². The van der Waals surface area contributed by atoms with Gasteiger partial charge in [-0.2, -0.15) is 11.3 Å². The lowest BCUT2D eigenvalue weighted by molar-refractivity contribution is -0.136. The number of nitrogens with zero attached hydrogens (tertiary/aromatic N) is 2. The largest absolute Gasteiger partial charge is 0.342 e. The van der Waals surface area contributed by atoms with Crippen LogP contribution in [0.25, 0.3) is 0 Å². The van der Waals surface area contributed by atoms with Crippen LogP contribution in [0, 0.1) is 11.3 Å². The Kier molecular flexibility index (Phi) is 3.39. The van der Waals surface area contributed by atoms with Gasteiger partial charge in [0.05, 0.1) is 5.41 Å². The van der Waals surface area contributed by atoms with E-state index < -0.39 is 0 Å². The highest BCUT2D eigenvalue weighted by atomic mass is 32.1. The molecule has 2 atom stereocenters. The SMILES string of the molecule is CCN1CC[C@@]2(CN(Cc3ccsc3)C[C@@H]2C)C1=O. The maximum atomic E-state index is 12.6. The van der Waals surface area contributed by atoms with Crippen molar-refractivity contribution in [3.8, 4) is 0 Å². The Labute approximate surface area is 119 Å². The van der Waals surface area contributed by atoms with Gasteiger partial charge in [-0.1, -0.05) is 6.92 Å². The first-order valence-corrected chi connectivity index (χ1v) is 8.13. The van der Waals surface area contributed by atoms with Crippen molar-refractivity contribution in [3.05, 3.63) is 22.4 Å². The van der Waals surface area contributed by atoms with Crippen LogP contribution < -0.4 is 0 Å². The van der Waals surface area contributed by atoms with E-state index >= 15 is 0 Å². The molecule has 3 rings (SSSR count). The predicted molar refractivity (Wildman–Crippen MR) is 78.1 cm³/mol. The van der Waals surface area contributed by atoms with E-state index in [0.717, 1.165) is 39.1 Å². The molecular formula is C15H22N2OS. The molecule has 1 aromatic rings. The van der Waals surface area contributed by atoms with Crippen LogP contribution in [0.15, 0.2) is 16.8 Å². The maximum Gasteiger partial charge on any atom is 0.230 e. The van der Waals surface area contributed by atoms with E-state index in [-0.39, 0.29) is 5.41 Å². The minimum Gasteiger partial charge on any atom is -0.342 e. The molecule has 0 radical (unpaired) electrons. The van der Waals surface area contributed by atoms with Crippen LogP contribution in [0.4, 0.5) is 0 Å². The van der Waals surface area contributed by atoms with Crippen LogP contribution in [0.1, 0.15) is 25.8 Å². The molecule has 0 N–H and O–H groups in total. The van der Waals surface area contributed by atoms with E-state index in [0.29, 0.717) is 11.8 Å². The highest BCUT2D eigenvalue weighted by Crippen LogP contribution is 2.44. The molecule has 0 aromatic carbocycles. The maximum absolute atomic E-state index is 12.6. The molecule has 104 valence electrons. The number of thiophene rings is 1. The average Bonchev–Trinajstić information content (AvgIpc) is 3.06. The molecule has 0 aliphatic carbocycles. The Bertz CT molecular complexity index is 459. The molecule has 0 unspecified atom stereocenters. The van der Waals surface area contributed by atoms with Gasteiger partial charge in [-0.15, -0.1) is 0 Å². The summed E-state index contributed by atoms with van der Waals surface area (Å²) in [6, 6.07) is 2.19. The van der Waals surface area contributed by atoms with E-state index in [4.69, 9.17) is 0 Å². The molecule has 3 nitrogen and oxygen atoms in total. The van der Waals surface area contributed by atoms with Gasteiger partial charge in [-0.05, 0) is 41.7 Å². The zero-order valence-corrected chi connectivity index (χ0v) is 12.6. The molecule has 3 heterocycles. The third-order valence-electron chi connectivity index (χ3n) is 4.89. The first-order chi connectivity index (χ1) is 9.15. The van der Waals surface area contributed by atoms with E-state index in [1.165, 1.54) is 5.56 Å². The summed E-state index contributed by atoms with van der Waals surface area (Å²) in [6.45, 7) is 9.14. The third-order valence-corrected chi connectivity index (χ3v) is 5.62. The number of amides is 1. The van der Waals surface area contributed by atoms with Crippen molar-refractivity contribution in [2.45, 2.75) is 26.8 Å². The molecular weight excluding hydrogens is 256 g/mol. The fourth-order valence-corrected chi connectivity index (χ4v) is 4.37. The summed E-state index contributed by atoms with van der Waals surface area (Å²) in [4.78, 5) is 17.1. The lowest BCUT2D eigenvalue weighted by atomic mass is 9.78. The Morgan fingerprint density at radius 2 is 2.37 bits per heavy atom. The average molecular weight is 278 g/mol. The Morgan fingerprint density at radius 3 is 3.00 bits per heavy atom. The molecule has 19 heavy (non-hydrogen) atoms. The van der Waals surface area contributed by atoms with Crippen molar-refractivity contribution >= 4 is 17.2 Å². The van der Waals surface area contributed by atoms with E-state index in [1.807, 2.05) is 4.90 Å². The fraction of sp³-hybridized carbons (Fsp3) is 0.667. The van der Waals surface area contributed by atoms with Crippen LogP contribution in [0.5, 0.6) is 0 Å². The van der Waals surface area contributed by atoms with Crippen molar-refractivity contribution in [2.24, 2.45) is 11.3 Å². The number of carbonyl (C=O) groups is 1. The zero-order chi connectivity index (χ0) is 13.5. The summed E-state index contributed by atoms with van der Waals surface area (Å²) in [5.74, 6) is 0.880. The summed E-state index contributed by atoms with van der Waals surface area (Å²) >= 11 is 1.75. The fourth-order valence-electron chi connectivity index (χ4n) is 3.71. The normalized spacial score (nSPS) is 31.8. The first-order valence-electron chi connectivity index (χ1n) is 7.18. The summed E-state index contributed by atoms with van der Waals surface area (Å²) in [5, 5.41) is 4.34. The van der Waals surface area contributed by atoms with E-state index in [9.17, 15) is 4.79 Å². The lowest BCUT2D eigenvalue weighted by Crippen LogP contribution is -2.39. The number of hydrogen-bond donors (Lipinski definition) is 0. The highest BCUT2D eigenvalue weighted by molar-refractivity contribution is 7.07. The Hall–Kier alpha value is -0.870. The van der Waals surface area contributed by atoms with Gasteiger partial charge >= 0.3 is 0 Å². The van der Waals surface area contributed by atoms with Crippen molar-refractivity contribution in [1.29, 1.82) is 0 Å². The predicted octanol–water partition coefficient (Wildman–Crippen LogP) is 2.44. The third kappa shape index (κ3) is 2.11. The summed E-state index contributed by atoms with van der Waals surface area (Å²) in [7, 11) is 0. The van der Waals surface area contributed by atoms with Gasteiger partial charge in [0.15, 0.2) is 0 Å². The van der Waals surface area contributed by atoms with Crippen molar-refractivity contribution in [3.63, 3.8) is 0 Å². The van der Waals surface area contributed by atoms with Gasteiger partial charge in [0.1, 0.15) is 0 Å². The van der Waals surface area contributed by atoms with Crippen LogP contribution in [0.2, 0.25) is 0 Å². The zero-order valence-electron chi connectivity index (χ0n) is 11.8. The van der Waals surface area contributed by atoms with Gasteiger partial charge in [-0.3, -0.25) is 9.69 Å². The summed E-state index contributed by atoms with van der Waals surface area (Å²) in [5.41, 5.74) is 1.29. The second kappa shape index (κ2) is 4.91. The summed E-state index contributed by atoms with van der Waals surface area (Å²) < 4.78 is 0. The molecule has 2 saturated heterocycles. The number of rotatable bonds is 3. The number of carbonyl (C=O) groups excluding carboxylic acids is 1. The standard InChI is InChI=1S/C15H22N2OS/c1-3-17-6-5-15(14(17)18)11-16(8-12(15)2)9-13-4-7-19-10-13/h4,7,10,12H,3,5-6,8-9,11H2,1-2H3/t12-,15-/m0/s1. The molecule has 1 spiro atoms. The molecule has 1 amide bonds. The first kappa shape index (κ1) is 13.1. The van der Waals surface area contributed by atoms with Gasteiger partial charge in [0, 0.05) is 32.7 Å². The van der Waals surface area contributed by atoms with E-state index in [2.05, 4.69) is 35.6 Å². The minimum absolute atomic E-state index is 0.0912. The van der Waals surface area contributed by atoms with Gasteiger partial charge in [-0.25, -0.2) is 0 Å². The molecule has 2 aliphatic rings. The quantitative estimate of drug-likeness (QED) is 0.848.